The van der Waals surface area contributed by atoms with E-state index in [2.05, 4.69) is 5.43 Å². The summed E-state index contributed by atoms with van der Waals surface area (Å²) in [6.45, 7) is 3.40. The molecule has 4 N–H and O–H groups in total. The van der Waals surface area contributed by atoms with Gasteiger partial charge in [0.1, 0.15) is 0 Å². The molecule has 1 amide bonds. The number of nitrogens with zero attached hydrogens (tertiary/aromatic N) is 1. The normalized spacial score (nSPS) is 19.1. The average molecular weight is 249 g/mol. The molecular weight excluding hydrogens is 230 g/mol. The van der Waals surface area contributed by atoms with Crippen LogP contribution in [0.5, 0.6) is 0 Å². The molecule has 1 saturated heterocycles. The van der Waals surface area contributed by atoms with E-state index in [1.54, 1.807) is 4.90 Å². The lowest BCUT2D eigenvalue weighted by molar-refractivity contribution is 0.0782. The van der Waals surface area contributed by atoms with Crippen LogP contribution in [0.3, 0.4) is 0 Å². The van der Waals surface area contributed by atoms with E-state index in [4.69, 9.17) is 10.9 Å². The number of anilines is 1. The minimum atomic E-state index is -0.0254. The Hall–Kier alpha value is -1.59. The van der Waals surface area contributed by atoms with Gasteiger partial charge >= 0.3 is 0 Å². The minimum Gasteiger partial charge on any atom is -0.396 e. The fourth-order valence-corrected chi connectivity index (χ4v) is 2.30. The second-order valence-electron chi connectivity index (χ2n) is 4.78. The van der Waals surface area contributed by atoms with Crippen LogP contribution < -0.4 is 11.3 Å². The second kappa shape index (κ2) is 5.37. The number of carbonyl (C=O) groups excluding carboxylic acids is 1. The molecule has 0 radical (unpaired) electrons. The zero-order valence-corrected chi connectivity index (χ0v) is 10.5. The van der Waals surface area contributed by atoms with Gasteiger partial charge in [-0.1, -0.05) is 11.6 Å². The Bertz CT molecular complexity index is 448. The van der Waals surface area contributed by atoms with Gasteiger partial charge in [0, 0.05) is 25.6 Å². The summed E-state index contributed by atoms with van der Waals surface area (Å²) in [5.41, 5.74) is 4.81. The largest absolute Gasteiger partial charge is 0.396 e. The van der Waals surface area contributed by atoms with Crippen LogP contribution >= 0.6 is 0 Å². The van der Waals surface area contributed by atoms with Crippen LogP contribution in [-0.4, -0.2) is 35.6 Å². The third-order valence-electron chi connectivity index (χ3n) is 3.39. The van der Waals surface area contributed by atoms with Crippen LogP contribution in [0, 0.1) is 12.8 Å². The number of nitrogens with one attached hydrogen (secondary N) is 1. The summed E-state index contributed by atoms with van der Waals surface area (Å²) in [4.78, 5) is 14.2. The molecule has 0 aliphatic carbocycles. The number of hydrogen-bond donors (Lipinski definition) is 3. The molecule has 0 saturated carbocycles. The number of rotatable bonds is 3. The van der Waals surface area contributed by atoms with E-state index >= 15 is 0 Å². The highest BCUT2D eigenvalue weighted by atomic mass is 16.3. The third-order valence-corrected chi connectivity index (χ3v) is 3.39. The van der Waals surface area contributed by atoms with Crippen LogP contribution in [0.2, 0.25) is 0 Å². The van der Waals surface area contributed by atoms with Gasteiger partial charge < -0.3 is 15.4 Å². The number of likely N-dealkylation sites (tertiary alicyclic amines) is 1. The molecule has 2 rings (SSSR count). The highest BCUT2D eigenvalue weighted by Gasteiger charge is 2.27. The average Bonchev–Trinajstić information content (AvgIpc) is 2.86. The molecule has 5 nitrogen and oxygen atoms in total. The number of hydrogen-bond acceptors (Lipinski definition) is 4. The van der Waals surface area contributed by atoms with Gasteiger partial charge in [0.15, 0.2) is 0 Å². The number of aliphatic hydroxyl groups is 1. The van der Waals surface area contributed by atoms with E-state index in [1.807, 2.05) is 25.1 Å². The van der Waals surface area contributed by atoms with E-state index < -0.39 is 0 Å². The van der Waals surface area contributed by atoms with Crippen molar-refractivity contribution >= 4 is 11.6 Å². The fraction of sp³-hybridized carbons (Fsp3) is 0.462. The summed E-state index contributed by atoms with van der Waals surface area (Å²) in [7, 11) is 0. The molecule has 1 aromatic carbocycles. The predicted molar refractivity (Wildman–Crippen MR) is 70.1 cm³/mol. The maximum Gasteiger partial charge on any atom is 0.256 e. The van der Waals surface area contributed by atoms with Gasteiger partial charge in [0.25, 0.3) is 5.91 Å². The highest BCUT2D eigenvalue weighted by Crippen LogP contribution is 2.22. The molecule has 1 heterocycles. The first-order valence-corrected chi connectivity index (χ1v) is 6.13. The van der Waals surface area contributed by atoms with Crippen molar-refractivity contribution in [2.45, 2.75) is 13.3 Å². The number of nitrogens with two attached hydrogens (primary N) is 1. The van der Waals surface area contributed by atoms with Gasteiger partial charge in [-0.15, -0.1) is 0 Å². The van der Waals surface area contributed by atoms with Crippen LogP contribution in [-0.2, 0) is 0 Å². The quantitative estimate of drug-likeness (QED) is 0.545. The van der Waals surface area contributed by atoms with E-state index in [0.717, 1.165) is 12.0 Å². The molecule has 1 aromatic rings. The molecule has 0 bridgehead atoms. The number of benzene rings is 1. The molecule has 1 fully saturated rings. The Morgan fingerprint density at radius 1 is 1.61 bits per heavy atom. The smallest absolute Gasteiger partial charge is 0.256 e. The van der Waals surface area contributed by atoms with Crippen molar-refractivity contribution in [2.24, 2.45) is 11.8 Å². The Morgan fingerprint density at radius 2 is 2.39 bits per heavy atom. The van der Waals surface area contributed by atoms with Gasteiger partial charge in [0.05, 0.1) is 11.3 Å². The molecular formula is C13H19N3O2. The van der Waals surface area contributed by atoms with Gasteiger partial charge in [-0.05, 0) is 25.5 Å². The molecule has 98 valence electrons. The Balaban J connectivity index is 2.21. The molecule has 1 aliphatic heterocycles. The summed E-state index contributed by atoms with van der Waals surface area (Å²) in [5, 5.41) is 9.11. The van der Waals surface area contributed by atoms with E-state index in [-0.39, 0.29) is 18.4 Å². The zero-order chi connectivity index (χ0) is 13.1. The summed E-state index contributed by atoms with van der Waals surface area (Å²) >= 11 is 0. The Labute approximate surface area is 107 Å². The highest BCUT2D eigenvalue weighted by molar-refractivity contribution is 5.99. The molecule has 1 aliphatic rings. The first kappa shape index (κ1) is 12.9. The van der Waals surface area contributed by atoms with Crippen molar-refractivity contribution in [1.82, 2.24) is 4.90 Å². The molecule has 1 atom stereocenters. The van der Waals surface area contributed by atoms with Crippen LogP contribution in [0.1, 0.15) is 22.3 Å². The molecule has 18 heavy (non-hydrogen) atoms. The van der Waals surface area contributed by atoms with Gasteiger partial charge in [-0.2, -0.15) is 0 Å². The predicted octanol–water partition coefficient (Wildman–Crippen LogP) is 0.735. The number of hydrazine groups is 1. The lowest BCUT2D eigenvalue weighted by Crippen LogP contribution is -2.30. The number of aliphatic hydroxyl groups excluding tert-OH is 1. The lowest BCUT2D eigenvalue weighted by Gasteiger charge is -2.18. The first-order chi connectivity index (χ1) is 8.65. The van der Waals surface area contributed by atoms with Crippen molar-refractivity contribution in [1.29, 1.82) is 0 Å². The standard InChI is InChI=1S/C13H19N3O2/c1-9-2-3-12(15-14)11(6-9)13(18)16-5-4-10(7-16)8-17/h2-3,6,10,15,17H,4-5,7-8,14H2,1H3. The Morgan fingerprint density at radius 3 is 3.00 bits per heavy atom. The molecule has 1 unspecified atom stereocenters. The molecule has 5 heteroatoms. The number of carbonyl (C=O) groups is 1. The van der Waals surface area contributed by atoms with Gasteiger partial charge in [-0.3, -0.25) is 10.6 Å². The topological polar surface area (TPSA) is 78.6 Å². The van der Waals surface area contributed by atoms with Crippen molar-refractivity contribution in [3.05, 3.63) is 29.3 Å². The van der Waals surface area contributed by atoms with Crippen LogP contribution in [0.15, 0.2) is 18.2 Å². The molecule has 0 spiro atoms. The van der Waals surface area contributed by atoms with Gasteiger partial charge in [0.2, 0.25) is 0 Å². The fourth-order valence-electron chi connectivity index (χ4n) is 2.30. The Kier molecular flexibility index (Phi) is 3.84. The summed E-state index contributed by atoms with van der Waals surface area (Å²) in [5.74, 6) is 5.61. The number of amides is 1. The van der Waals surface area contributed by atoms with Crippen molar-refractivity contribution < 1.29 is 9.90 Å². The summed E-state index contributed by atoms with van der Waals surface area (Å²) < 4.78 is 0. The summed E-state index contributed by atoms with van der Waals surface area (Å²) in [6, 6.07) is 5.55. The van der Waals surface area contributed by atoms with Crippen LogP contribution in [0.4, 0.5) is 5.69 Å². The SMILES string of the molecule is Cc1ccc(NN)c(C(=O)N2CCC(CO)C2)c1. The second-order valence-corrected chi connectivity index (χ2v) is 4.78. The first-order valence-electron chi connectivity index (χ1n) is 6.13. The van der Waals surface area contributed by atoms with Crippen molar-refractivity contribution in [3.63, 3.8) is 0 Å². The van der Waals surface area contributed by atoms with Gasteiger partial charge in [-0.25, -0.2) is 0 Å². The maximum absolute atomic E-state index is 12.4. The number of nitrogen functional groups attached to an aromatic ring is 1. The maximum atomic E-state index is 12.4. The molecule has 0 aromatic heterocycles. The monoisotopic (exact) mass is 249 g/mol. The van der Waals surface area contributed by atoms with Crippen LogP contribution in [0.25, 0.3) is 0 Å². The van der Waals surface area contributed by atoms with E-state index in [9.17, 15) is 4.79 Å². The van der Waals surface area contributed by atoms with Crippen molar-refractivity contribution in [2.75, 3.05) is 25.1 Å². The summed E-state index contributed by atoms with van der Waals surface area (Å²) in [6.07, 6.45) is 0.861. The zero-order valence-electron chi connectivity index (χ0n) is 10.5. The number of aryl methyl sites for hydroxylation is 1. The van der Waals surface area contributed by atoms with E-state index in [1.165, 1.54) is 0 Å². The van der Waals surface area contributed by atoms with Crippen molar-refractivity contribution in [3.8, 4) is 0 Å². The third kappa shape index (κ3) is 2.47. The lowest BCUT2D eigenvalue weighted by atomic mass is 10.1. The van der Waals surface area contributed by atoms with E-state index in [0.29, 0.717) is 24.3 Å². The minimum absolute atomic E-state index is 0.0254.